The molecule has 2 rings (SSSR count). The fourth-order valence-electron chi connectivity index (χ4n) is 2.79. The minimum absolute atomic E-state index is 0.0439. The molecule has 0 spiro atoms. The van der Waals surface area contributed by atoms with Gasteiger partial charge in [-0.2, -0.15) is 0 Å². The summed E-state index contributed by atoms with van der Waals surface area (Å²) in [6.45, 7) is 3.99. The van der Waals surface area contributed by atoms with Gasteiger partial charge in [0, 0.05) is 23.8 Å². The molecule has 0 saturated heterocycles. The predicted molar refractivity (Wildman–Crippen MR) is 88.9 cm³/mol. The zero-order valence-electron chi connectivity index (χ0n) is 13.3. The van der Waals surface area contributed by atoms with Crippen LogP contribution in [0.15, 0.2) is 24.3 Å². The number of carbonyl (C=O) groups excluding carboxylic acids is 2. The summed E-state index contributed by atoms with van der Waals surface area (Å²) in [5, 5.41) is 8.67. The minimum Gasteiger partial charge on any atom is -0.335 e. The Morgan fingerprint density at radius 2 is 1.82 bits per heavy atom. The second-order valence-electron chi connectivity index (χ2n) is 5.95. The van der Waals surface area contributed by atoms with Gasteiger partial charge in [0.15, 0.2) is 0 Å². The highest BCUT2D eigenvalue weighted by molar-refractivity contribution is 5.93. The quantitative estimate of drug-likeness (QED) is 0.793. The summed E-state index contributed by atoms with van der Waals surface area (Å²) < 4.78 is 0. The number of urea groups is 1. The molecule has 1 fully saturated rings. The molecule has 0 heterocycles. The number of nitrogens with one attached hydrogen (secondary N) is 3. The lowest BCUT2D eigenvalue weighted by Crippen LogP contribution is -2.43. The van der Waals surface area contributed by atoms with E-state index < -0.39 is 0 Å². The molecule has 0 bridgehead atoms. The second-order valence-corrected chi connectivity index (χ2v) is 5.95. The Labute approximate surface area is 131 Å². The van der Waals surface area contributed by atoms with Gasteiger partial charge in [0.25, 0.3) is 0 Å². The number of amides is 3. The van der Waals surface area contributed by atoms with Gasteiger partial charge in [-0.1, -0.05) is 32.8 Å². The van der Waals surface area contributed by atoms with Crippen molar-refractivity contribution >= 4 is 23.3 Å². The molecule has 1 saturated carbocycles. The van der Waals surface area contributed by atoms with E-state index in [4.69, 9.17) is 0 Å². The first-order valence-electron chi connectivity index (χ1n) is 8.06. The summed E-state index contributed by atoms with van der Waals surface area (Å²) in [5.41, 5.74) is 1.37. The van der Waals surface area contributed by atoms with Crippen LogP contribution < -0.4 is 16.0 Å². The van der Waals surface area contributed by atoms with E-state index in [9.17, 15) is 9.59 Å². The van der Waals surface area contributed by atoms with Crippen LogP contribution in [-0.2, 0) is 4.79 Å². The fourth-order valence-corrected chi connectivity index (χ4v) is 2.79. The zero-order valence-corrected chi connectivity index (χ0v) is 13.3. The monoisotopic (exact) mass is 303 g/mol. The lowest BCUT2D eigenvalue weighted by molar-refractivity contribution is -0.115. The van der Waals surface area contributed by atoms with E-state index in [1.54, 1.807) is 19.1 Å². The number of hydrogen-bond acceptors (Lipinski definition) is 2. The molecule has 1 aromatic rings. The predicted octanol–water partition coefficient (Wildman–Crippen LogP) is 3.74. The SMILES string of the molecule is CCC(=O)Nc1cccc(NC(=O)NC2CCCCC2C)c1. The summed E-state index contributed by atoms with van der Waals surface area (Å²) in [6.07, 6.45) is 5.07. The number of hydrogen-bond donors (Lipinski definition) is 3. The third kappa shape index (κ3) is 4.76. The van der Waals surface area contributed by atoms with Crippen LogP contribution in [0.25, 0.3) is 0 Å². The average Bonchev–Trinajstić information content (AvgIpc) is 2.50. The molecule has 5 nitrogen and oxygen atoms in total. The summed E-state index contributed by atoms with van der Waals surface area (Å²) in [7, 11) is 0. The Hall–Kier alpha value is -2.04. The molecule has 0 aliphatic heterocycles. The lowest BCUT2D eigenvalue weighted by Gasteiger charge is -2.29. The van der Waals surface area contributed by atoms with Crippen molar-refractivity contribution in [2.24, 2.45) is 5.92 Å². The van der Waals surface area contributed by atoms with Gasteiger partial charge >= 0.3 is 6.03 Å². The van der Waals surface area contributed by atoms with Crippen LogP contribution in [0.1, 0.15) is 46.0 Å². The van der Waals surface area contributed by atoms with Gasteiger partial charge in [-0.25, -0.2) is 4.79 Å². The van der Waals surface area contributed by atoms with Crippen molar-refractivity contribution in [3.05, 3.63) is 24.3 Å². The molecule has 0 aromatic heterocycles. The molecule has 1 aliphatic carbocycles. The normalized spacial score (nSPS) is 21.0. The minimum atomic E-state index is -0.183. The van der Waals surface area contributed by atoms with Gasteiger partial charge in [-0.05, 0) is 37.0 Å². The topological polar surface area (TPSA) is 70.2 Å². The summed E-state index contributed by atoms with van der Waals surface area (Å²) in [4.78, 5) is 23.5. The first-order valence-corrected chi connectivity index (χ1v) is 8.06. The molecular formula is C17H25N3O2. The van der Waals surface area contributed by atoms with Crippen LogP contribution in [0.5, 0.6) is 0 Å². The van der Waals surface area contributed by atoms with Crippen molar-refractivity contribution in [2.75, 3.05) is 10.6 Å². The van der Waals surface area contributed by atoms with Crippen molar-refractivity contribution in [3.8, 4) is 0 Å². The van der Waals surface area contributed by atoms with Gasteiger partial charge in [0.05, 0.1) is 0 Å². The van der Waals surface area contributed by atoms with E-state index in [-0.39, 0.29) is 18.0 Å². The number of benzene rings is 1. The first-order chi connectivity index (χ1) is 10.6. The first kappa shape index (κ1) is 16.3. The summed E-state index contributed by atoms with van der Waals surface area (Å²) in [6, 6.07) is 7.25. The van der Waals surface area contributed by atoms with Crippen molar-refractivity contribution in [2.45, 2.75) is 52.0 Å². The molecule has 2 atom stereocenters. The second kappa shape index (κ2) is 7.82. The van der Waals surface area contributed by atoms with E-state index in [0.29, 0.717) is 23.7 Å². The van der Waals surface area contributed by atoms with E-state index in [2.05, 4.69) is 22.9 Å². The molecule has 1 aromatic carbocycles. The van der Waals surface area contributed by atoms with E-state index in [1.807, 2.05) is 12.1 Å². The molecule has 2 unspecified atom stereocenters. The Bertz CT molecular complexity index is 530. The highest BCUT2D eigenvalue weighted by atomic mass is 16.2. The van der Waals surface area contributed by atoms with Crippen molar-refractivity contribution < 1.29 is 9.59 Å². The standard InChI is InChI=1S/C17H25N3O2/c1-3-16(21)18-13-8-6-9-14(11-13)19-17(22)20-15-10-5-4-7-12(15)2/h6,8-9,11-12,15H,3-5,7,10H2,1-2H3,(H,18,21)(H2,19,20,22). The highest BCUT2D eigenvalue weighted by Crippen LogP contribution is 2.24. The molecule has 3 N–H and O–H groups in total. The largest absolute Gasteiger partial charge is 0.335 e. The lowest BCUT2D eigenvalue weighted by atomic mass is 9.86. The molecular weight excluding hydrogens is 278 g/mol. The maximum Gasteiger partial charge on any atom is 0.319 e. The Morgan fingerprint density at radius 1 is 1.14 bits per heavy atom. The molecule has 120 valence electrons. The number of rotatable bonds is 4. The van der Waals surface area contributed by atoms with Gasteiger partial charge < -0.3 is 16.0 Å². The number of anilines is 2. The molecule has 0 radical (unpaired) electrons. The molecule has 1 aliphatic rings. The Kier molecular flexibility index (Phi) is 5.81. The Morgan fingerprint density at radius 3 is 2.50 bits per heavy atom. The molecule has 22 heavy (non-hydrogen) atoms. The van der Waals surface area contributed by atoms with Crippen molar-refractivity contribution in [1.82, 2.24) is 5.32 Å². The van der Waals surface area contributed by atoms with Gasteiger partial charge in [0.2, 0.25) is 5.91 Å². The van der Waals surface area contributed by atoms with Crippen LogP contribution in [0.2, 0.25) is 0 Å². The van der Waals surface area contributed by atoms with E-state index in [0.717, 1.165) is 6.42 Å². The van der Waals surface area contributed by atoms with E-state index >= 15 is 0 Å². The van der Waals surface area contributed by atoms with Crippen LogP contribution in [0.4, 0.5) is 16.2 Å². The van der Waals surface area contributed by atoms with Crippen LogP contribution in [-0.4, -0.2) is 18.0 Å². The van der Waals surface area contributed by atoms with Gasteiger partial charge in [-0.3, -0.25) is 4.79 Å². The number of carbonyl (C=O) groups is 2. The molecule has 3 amide bonds. The van der Waals surface area contributed by atoms with Gasteiger partial charge in [-0.15, -0.1) is 0 Å². The van der Waals surface area contributed by atoms with Crippen molar-refractivity contribution in [1.29, 1.82) is 0 Å². The molecule has 5 heteroatoms. The fraction of sp³-hybridized carbons (Fsp3) is 0.529. The summed E-state index contributed by atoms with van der Waals surface area (Å²) in [5.74, 6) is 0.479. The van der Waals surface area contributed by atoms with Gasteiger partial charge in [0.1, 0.15) is 0 Å². The van der Waals surface area contributed by atoms with Crippen LogP contribution in [0, 0.1) is 5.92 Å². The average molecular weight is 303 g/mol. The zero-order chi connectivity index (χ0) is 15.9. The maximum absolute atomic E-state index is 12.1. The third-order valence-corrected chi connectivity index (χ3v) is 4.15. The highest BCUT2D eigenvalue weighted by Gasteiger charge is 2.22. The Balaban J connectivity index is 1.90. The maximum atomic E-state index is 12.1. The smallest absolute Gasteiger partial charge is 0.319 e. The third-order valence-electron chi connectivity index (χ3n) is 4.15. The van der Waals surface area contributed by atoms with E-state index in [1.165, 1.54) is 19.3 Å². The van der Waals surface area contributed by atoms with Crippen LogP contribution in [0.3, 0.4) is 0 Å². The van der Waals surface area contributed by atoms with Crippen molar-refractivity contribution in [3.63, 3.8) is 0 Å². The summed E-state index contributed by atoms with van der Waals surface area (Å²) >= 11 is 0. The van der Waals surface area contributed by atoms with Crippen LogP contribution >= 0.6 is 0 Å².